The van der Waals surface area contributed by atoms with Crippen LogP contribution in [-0.4, -0.2) is 20.9 Å². The highest BCUT2D eigenvalue weighted by Crippen LogP contribution is 2.25. The normalized spacial score (nSPS) is 11.6. The number of aromatic nitrogens is 2. The van der Waals surface area contributed by atoms with E-state index in [1.165, 1.54) is 10.7 Å². The summed E-state index contributed by atoms with van der Waals surface area (Å²) in [6, 6.07) is 7.92. The minimum absolute atomic E-state index is 0.312. The Morgan fingerprint density at radius 2 is 2.00 bits per heavy atom. The Labute approximate surface area is 110 Å². The molecule has 0 unspecified atom stereocenters. The minimum Gasteiger partial charge on any atom is -0.481 e. The highest BCUT2D eigenvalue weighted by molar-refractivity contribution is 5.79. The van der Waals surface area contributed by atoms with Crippen LogP contribution in [0.2, 0.25) is 0 Å². The van der Waals surface area contributed by atoms with Crippen molar-refractivity contribution < 1.29 is 14.3 Å². The Kier molecular flexibility index (Phi) is 3.14. The number of carbonyl (C=O) groups is 1. The molecule has 1 aromatic heterocycles. The molecule has 0 aliphatic rings. The maximum Gasteiger partial charge on any atom is 0.315 e. The maximum atomic E-state index is 13.7. The van der Waals surface area contributed by atoms with E-state index in [-0.39, 0.29) is 0 Å². The van der Waals surface area contributed by atoms with Gasteiger partial charge in [-0.2, -0.15) is 5.10 Å². The van der Waals surface area contributed by atoms with Crippen LogP contribution in [0.15, 0.2) is 30.3 Å². The van der Waals surface area contributed by atoms with E-state index in [4.69, 9.17) is 0 Å². The van der Waals surface area contributed by atoms with Crippen LogP contribution < -0.4 is 0 Å². The van der Waals surface area contributed by atoms with Crippen LogP contribution in [0.25, 0.3) is 5.69 Å². The van der Waals surface area contributed by atoms with Gasteiger partial charge in [-0.05, 0) is 39.0 Å². The first-order valence-electron chi connectivity index (χ1n) is 5.89. The van der Waals surface area contributed by atoms with Gasteiger partial charge in [0.25, 0.3) is 0 Å². The van der Waals surface area contributed by atoms with E-state index in [0.717, 1.165) is 0 Å². The van der Waals surface area contributed by atoms with Gasteiger partial charge >= 0.3 is 5.97 Å². The summed E-state index contributed by atoms with van der Waals surface area (Å²) in [7, 11) is 0. The number of rotatable bonds is 3. The van der Waals surface area contributed by atoms with Crippen LogP contribution in [-0.2, 0) is 10.2 Å². The Hall–Kier alpha value is -2.17. The Balaban J connectivity index is 2.55. The highest BCUT2D eigenvalue weighted by atomic mass is 19.1. The van der Waals surface area contributed by atoms with Crippen LogP contribution >= 0.6 is 0 Å². The summed E-state index contributed by atoms with van der Waals surface area (Å²) in [5.74, 6) is -1.36. The van der Waals surface area contributed by atoms with Crippen molar-refractivity contribution in [2.24, 2.45) is 0 Å². The van der Waals surface area contributed by atoms with Gasteiger partial charge in [-0.3, -0.25) is 4.79 Å². The molecule has 0 bridgehead atoms. The number of benzene rings is 1. The SMILES string of the molecule is Cc1cc(C(C)(C)C(=O)O)nn1-c1ccccc1F. The van der Waals surface area contributed by atoms with Gasteiger partial charge in [-0.25, -0.2) is 9.07 Å². The third-order valence-electron chi connectivity index (χ3n) is 3.14. The van der Waals surface area contributed by atoms with Gasteiger partial charge in [-0.15, -0.1) is 0 Å². The first-order chi connectivity index (χ1) is 8.84. The van der Waals surface area contributed by atoms with Gasteiger partial charge in [0.15, 0.2) is 0 Å². The standard InChI is InChI=1S/C14H15FN2O2/c1-9-8-12(14(2,3)13(18)19)16-17(9)11-7-5-4-6-10(11)15/h4-8H,1-3H3,(H,18,19). The highest BCUT2D eigenvalue weighted by Gasteiger charge is 2.32. The van der Waals surface area contributed by atoms with Crippen LogP contribution in [0.5, 0.6) is 0 Å². The Bertz CT molecular complexity index is 632. The second-order valence-electron chi connectivity index (χ2n) is 4.96. The number of para-hydroxylation sites is 1. The number of hydrogen-bond donors (Lipinski definition) is 1. The van der Waals surface area contributed by atoms with Crippen molar-refractivity contribution in [1.29, 1.82) is 0 Å². The number of carboxylic acids is 1. The van der Waals surface area contributed by atoms with E-state index < -0.39 is 17.2 Å². The predicted octanol–water partition coefficient (Wildman–Crippen LogP) is 2.68. The smallest absolute Gasteiger partial charge is 0.315 e. The maximum absolute atomic E-state index is 13.7. The molecular formula is C14H15FN2O2. The Morgan fingerprint density at radius 3 is 2.58 bits per heavy atom. The summed E-state index contributed by atoms with van der Waals surface area (Å²) >= 11 is 0. The molecule has 1 heterocycles. The monoisotopic (exact) mass is 262 g/mol. The summed E-state index contributed by atoms with van der Waals surface area (Å²) in [5.41, 5.74) is 0.295. The van der Waals surface area contributed by atoms with Gasteiger partial charge in [0.2, 0.25) is 0 Å². The molecule has 0 atom stereocenters. The van der Waals surface area contributed by atoms with E-state index in [0.29, 0.717) is 17.1 Å². The zero-order chi connectivity index (χ0) is 14.2. The number of aliphatic carboxylic acids is 1. The average molecular weight is 262 g/mol. The van der Waals surface area contributed by atoms with Crippen molar-refractivity contribution in [3.8, 4) is 5.69 Å². The molecule has 0 spiro atoms. The zero-order valence-corrected chi connectivity index (χ0v) is 11.0. The summed E-state index contributed by atoms with van der Waals surface area (Å²) < 4.78 is 15.2. The molecule has 0 saturated heterocycles. The van der Waals surface area contributed by atoms with Crippen LogP contribution in [0.1, 0.15) is 25.2 Å². The lowest BCUT2D eigenvalue weighted by Gasteiger charge is -2.15. The number of nitrogens with zero attached hydrogens (tertiary/aromatic N) is 2. The second kappa shape index (κ2) is 4.50. The fourth-order valence-electron chi connectivity index (χ4n) is 1.76. The number of aryl methyl sites for hydroxylation is 1. The molecule has 4 nitrogen and oxygen atoms in total. The average Bonchev–Trinajstić information content (AvgIpc) is 2.72. The lowest BCUT2D eigenvalue weighted by Crippen LogP contribution is -2.29. The zero-order valence-electron chi connectivity index (χ0n) is 11.0. The van der Waals surface area contributed by atoms with Gasteiger partial charge in [0.1, 0.15) is 16.9 Å². The van der Waals surface area contributed by atoms with Crippen LogP contribution in [0.4, 0.5) is 4.39 Å². The topological polar surface area (TPSA) is 55.1 Å². The van der Waals surface area contributed by atoms with Crippen molar-refractivity contribution in [3.63, 3.8) is 0 Å². The van der Waals surface area contributed by atoms with E-state index >= 15 is 0 Å². The molecular weight excluding hydrogens is 247 g/mol. The quantitative estimate of drug-likeness (QED) is 0.925. The van der Waals surface area contributed by atoms with Crippen molar-refractivity contribution in [1.82, 2.24) is 9.78 Å². The lowest BCUT2D eigenvalue weighted by molar-refractivity contribution is -0.142. The number of hydrogen-bond acceptors (Lipinski definition) is 2. The van der Waals surface area contributed by atoms with E-state index in [9.17, 15) is 14.3 Å². The Morgan fingerprint density at radius 1 is 1.37 bits per heavy atom. The van der Waals surface area contributed by atoms with Gasteiger partial charge < -0.3 is 5.11 Å². The summed E-state index contributed by atoms with van der Waals surface area (Å²) in [6.45, 7) is 4.91. The molecule has 19 heavy (non-hydrogen) atoms. The molecule has 2 rings (SSSR count). The van der Waals surface area contributed by atoms with Crippen LogP contribution in [0.3, 0.4) is 0 Å². The molecule has 2 aromatic rings. The first-order valence-corrected chi connectivity index (χ1v) is 5.89. The molecule has 0 radical (unpaired) electrons. The third-order valence-corrected chi connectivity index (χ3v) is 3.14. The molecule has 5 heteroatoms. The third kappa shape index (κ3) is 2.23. The predicted molar refractivity (Wildman–Crippen MR) is 68.9 cm³/mol. The van der Waals surface area contributed by atoms with Gasteiger partial charge in [0, 0.05) is 5.69 Å². The molecule has 0 amide bonds. The molecule has 0 fully saturated rings. The molecule has 100 valence electrons. The fraction of sp³-hybridized carbons (Fsp3) is 0.286. The molecule has 0 saturated carbocycles. The van der Waals surface area contributed by atoms with Crippen molar-refractivity contribution in [2.75, 3.05) is 0 Å². The molecule has 1 aromatic carbocycles. The van der Waals surface area contributed by atoms with Crippen molar-refractivity contribution in [2.45, 2.75) is 26.2 Å². The minimum atomic E-state index is -1.11. The fourth-order valence-corrected chi connectivity index (χ4v) is 1.76. The largest absolute Gasteiger partial charge is 0.481 e. The first kappa shape index (κ1) is 13.3. The summed E-state index contributed by atoms with van der Waals surface area (Å²) in [5, 5.41) is 13.4. The van der Waals surface area contributed by atoms with Gasteiger partial charge in [0.05, 0.1) is 5.69 Å². The van der Waals surface area contributed by atoms with E-state index in [2.05, 4.69) is 5.10 Å². The van der Waals surface area contributed by atoms with E-state index in [1.807, 2.05) is 0 Å². The lowest BCUT2D eigenvalue weighted by atomic mass is 9.89. The summed E-state index contributed by atoms with van der Waals surface area (Å²) in [4.78, 5) is 11.2. The van der Waals surface area contributed by atoms with Gasteiger partial charge in [-0.1, -0.05) is 12.1 Å². The number of carboxylic acid groups (broad SMARTS) is 1. The van der Waals surface area contributed by atoms with E-state index in [1.54, 1.807) is 45.0 Å². The molecule has 0 aliphatic carbocycles. The number of halogens is 1. The van der Waals surface area contributed by atoms with Crippen molar-refractivity contribution >= 4 is 5.97 Å². The summed E-state index contributed by atoms with van der Waals surface area (Å²) in [6.07, 6.45) is 0. The second-order valence-corrected chi connectivity index (χ2v) is 4.96. The van der Waals surface area contributed by atoms with Crippen LogP contribution in [0, 0.1) is 12.7 Å². The van der Waals surface area contributed by atoms with Crippen molar-refractivity contribution in [3.05, 3.63) is 47.5 Å². The molecule has 0 aliphatic heterocycles. The molecule has 1 N–H and O–H groups in total.